The number of rotatable bonds is 6. The van der Waals surface area contributed by atoms with Crippen LogP contribution in [0.5, 0.6) is 0 Å². The second-order valence-corrected chi connectivity index (χ2v) is 10.2. The Morgan fingerprint density at radius 2 is 1.48 bits per heavy atom. The molecule has 1 saturated carbocycles. The lowest BCUT2D eigenvalue weighted by molar-refractivity contribution is -0.138. The molecule has 2 saturated heterocycles. The van der Waals surface area contributed by atoms with Crippen molar-refractivity contribution in [1.29, 1.82) is 0 Å². The van der Waals surface area contributed by atoms with E-state index in [4.69, 9.17) is 0 Å². The quantitative estimate of drug-likeness (QED) is 0.636. The molecule has 1 amide bonds. The third kappa shape index (κ3) is 5.95. The summed E-state index contributed by atoms with van der Waals surface area (Å²) in [4.78, 5) is 17.8. The Hall–Kier alpha value is -0.570. The van der Waals surface area contributed by atoms with Crippen molar-refractivity contribution in [2.45, 2.75) is 85.0 Å². The molecule has 0 bridgehead atoms. The molecule has 0 aromatic carbocycles. The molecule has 3 heteroatoms. The van der Waals surface area contributed by atoms with E-state index < -0.39 is 0 Å². The van der Waals surface area contributed by atoms with Crippen molar-refractivity contribution in [3.63, 3.8) is 0 Å². The molecule has 0 spiro atoms. The van der Waals surface area contributed by atoms with Crippen molar-refractivity contribution < 1.29 is 4.79 Å². The molecule has 0 radical (unpaired) electrons. The lowest BCUT2D eigenvalue weighted by atomic mass is 9.80. The number of nitrogens with zero attached hydrogens (tertiary/aromatic N) is 2. The number of carbonyl (C=O) groups is 1. The first-order chi connectivity index (χ1) is 13.1. The minimum absolute atomic E-state index is 0.329. The highest BCUT2D eigenvalue weighted by Crippen LogP contribution is 2.33. The molecule has 3 rings (SSSR count). The van der Waals surface area contributed by atoms with Crippen molar-refractivity contribution in [3.8, 4) is 0 Å². The van der Waals surface area contributed by atoms with Gasteiger partial charge in [0.2, 0.25) is 5.91 Å². The maximum Gasteiger partial charge on any atom is 0.225 e. The van der Waals surface area contributed by atoms with Crippen molar-refractivity contribution in [1.82, 2.24) is 9.80 Å². The minimum Gasteiger partial charge on any atom is -0.342 e. The van der Waals surface area contributed by atoms with Crippen molar-refractivity contribution in [2.75, 3.05) is 32.7 Å². The minimum atomic E-state index is 0.329. The van der Waals surface area contributed by atoms with Gasteiger partial charge in [-0.2, -0.15) is 0 Å². The van der Waals surface area contributed by atoms with Crippen LogP contribution in [-0.4, -0.2) is 48.4 Å². The molecule has 3 fully saturated rings. The third-order valence-corrected chi connectivity index (χ3v) is 7.91. The first kappa shape index (κ1) is 21.1. The van der Waals surface area contributed by atoms with Crippen LogP contribution in [0.2, 0.25) is 0 Å². The van der Waals surface area contributed by atoms with E-state index >= 15 is 0 Å². The van der Waals surface area contributed by atoms with Gasteiger partial charge in [0.25, 0.3) is 0 Å². The van der Waals surface area contributed by atoms with E-state index in [9.17, 15) is 4.79 Å². The van der Waals surface area contributed by atoms with Crippen LogP contribution in [0.25, 0.3) is 0 Å². The second kappa shape index (κ2) is 10.3. The normalized spacial score (nSPS) is 29.4. The molecular formula is C24H44N2O. The number of likely N-dealkylation sites (tertiary alicyclic amines) is 2. The Bertz CT molecular complexity index is 439. The van der Waals surface area contributed by atoms with Gasteiger partial charge in [0, 0.05) is 25.6 Å². The highest BCUT2D eigenvalue weighted by atomic mass is 16.2. The molecule has 0 aromatic heterocycles. The summed E-state index contributed by atoms with van der Waals surface area (Å²) in [5.41, 5.74) is 0. The highest BCUT2D eigenvalue weighted by molar-refractivity contribution is 5.79. The van der Waals surface area contributed by atoms with Crippen LogP contribution in [0, 0.1) is 29.6 Å². The van der Waals surface area contributed by atoms with E-state index in [1.807, 2.05) is 0 Å². The summed E-state index contributed by atoms with van der Waals surface area (Å²) in [6, 6.07) is 0. The van der Waals surface area contributed by atoms with Gasteiger partial charge in [0.05, 0.1) is 0 Å². The molecule has 27 heavy (non-hydrogen) atoms. The summed E-state index contributed by atoms with van der Waals surface area (Å²) >= 11 is 0. The fraction of sp³-hybridized carbons (Fsp3) is 0.958. The predicted octanol–water partition coefficient (Wildman–Crippen LogP) is 5.20. The van der Waals surface area contributed by atoms with Crippen LogP contribution in [0.15, 0.2) is 0 Å². The summed E-state index contributed by atoms with van der Waals surface area (Å²) in [6.45, 7) is 13.0. The van der Waals surface area contributed by atoms with E-state index in [1.165, 1.54) is 71.0 Å². The molecule has 2 aliphatic heterocycles. The zero-order valence-corrected chi connectivity index (χ0v) is 18.3. The summed E-state index contributed by atoms with van der Waals surface area (Å²) in [5.74, 6) is 4.31. The Balaban J connectivity index is 1.35. The highest BCUT2D eigenvalue weighted by Gasteiger charge is 2.32. The van der Waals surface area contributed by atoms with E-state index in [2.05, 4.69) is 30.6 Å². The van der Waals surface area contributed by atoms with Gasteiger partial charge in [-0.15, -0.1) is 0 Å². The smallest absolute Gasteiger partial charge is 0.225 e. The summed E-state index contributed by atoms with van der Waals surface area (Å²) in [6.07, 6.45) is 12.7. The average Bonchev–Trinajstić information content (AvgIpc) is 2.69. The van der Waals surface area contributed by atoms with Crippen LogP contribution in [0.1, 0.15) is 85.0 Å². The van der Waals surface area contributed by atoms with Crippen molar-refractivity contribution in [3.05, 3.63) is 0 Å². The lowest BCUT2D eigenvalue weighted by Crippen LogP contribution is -2.43. The monoisotopic (exact) mass is 376 g/mol. The topological polar surface area (TPSA) is 23.6 Å². The molecule has 2 heterocycles. The molecule has 0 atom stereocenters. The summed E-state index contributed by atoms with van der Waals surface area (Å²) in [5, 5.41) is 0. The fourth-order valence-corrected chi connectivity index (χ4v) is 5.87. The van der Waals surface area contributed by atoms with Crippen LogP contribution >= 0.6 is 0 Å². The second-order valence-electron chi connectivity index (χ2n) is 10.2. The maximum atomic E-state index is 12.9. The molecule has 0 aromatic rings. The van der Waals surface area contributed by atoms with E-state index in [1.54, 1.807) is 0 Å². The van der Waals surface area contributed by atoms with Crippen molar-refractivity contribution in [2.24, 2.45) is 29.6 Å². The SMILES string of the molecule is CCCC1CCN(C(=O)C2CCC(CN3CCC(C(C)C)CC3)CC2)CC1. The summed E-state index contributed by atoms with van der Waals surface area (Å²) < 4.78 is 0. The van der Waals surface area contributed by atoms with Gasteiger partial charge in [-0.25, -0.2) is 0 Å². The Kier molecular flexibility index (Phi) is 8.05. The molecule has 3 aliphatic rings. The van der Waals surface area contributed by atoms with Gasteiger partial charge in [0.1, 0.15) is 0 Å². The van der Waals surface area contributed by atoms with Crippen LogP contribution < -0.4 is 0 Å². The zero-order valence-electron chi connectivity index (χ0n) is 18.3. The van der Waals surface area contributed by atoms with Gasteiger partial charge in [-0.05, 0) is 88.1 Å². The van der Waals surface area contributed by atoms with Crippen molar-refractivity contribution >= 4 is 5.91 Å². The van der Waals surface area contributed by atoms with Gasteiger partial charge < -0.3 is 9.80 Å². The summed E-state index contributed by atoms with van der Waals surface area (Å²) in [7, 11) is 0. The standard InChI is InChI=1S/C24H44N2O/c1-4-5-20-10-16-26(17-11-20)24(27)23-8-6-21(7-9-23)18-25-14-12-22(13-15-25)19(2)3/h19-23H,4-18H2,1-3H3. The Labute approximate surface area is 168 Å². The molecule has 1 aliphatic carbocycles. The predicted molar refractivity (Wildman–Crippen MR) is 114 cm³/mol. The largest absolute Gasteiger partial charge is 0.342 e. The lowest BCUT2D eigenvalue weighted by Gasteiger charge is -2.39. The maximum absolute atomic E-state index is 12.9. The van der Waals surface area contributed by atoms with Gasteiger partial charge in [-0.1, -0.05) is 33.6 Å². The number of amides is 1. The average molecular weight is 377 g/mol. The number of carbonyl (C=O) groups excluding carboxylic acids is 1. The molecule has 156 valence electrons. The van der Waals surface area contributed by atoms with E-state index in [0.29, 0.717) is 11.8 Å². The van der Waals surface area contributed by atoms with Gasteiger partial charge >= 0.3 is 0 Å². The van der Waals surface area contributed by atoms with Crippen LogP contribution in [0.4, 0.5) is 0 Å². The zero-order chi connectivity index (χ0) is 19.2. The van der Waals surface area contributed by atoms with Crippen LogP contribution in [0.3, 0.4) is 0 Å². The van der Waals surface area contributed by atoms with Crippen LogP contribution in [-0.2, 0) is 4.79 Å². The van der Waals surface area contributed by atoms with E-state index in [0.717, 1.165) is 49.6 Å². The number of hydrogen-bond acceptors (Lipinski definition) is 2. The van der Waals surface area contributed by atoms with Gasteiger partial charge in [0.15, 0.2) is 0 Å². The Morgan fingerprint density at radius 3 is 2.04 bits per heavy atom. The fourth-order valence-electron chi connectivity index (χ4n) is 5.87. The van der Waals surface area contributed by atoms with Gasteiger partial charge in [-0.3, -0.25) is 4.79 Å². The molecule has 0 unspecified atom stereocenters. The number of hydrogen-bond donors (Lipinski definition) is 0. The first-order valence-electron chi connectivity index (χ1n) is 12.1. The van der Waals surface area contributed by atoms with E-state index in [-0.39, 0.29) is 0 Å². The first-order valence-corrected chi connectivity index (χ1v) is 12.1. The molecular weight excluding hydrogens is 332 g/mol. The Morgan fingerprint density at radius 1 is 0.852 bits per heavy atom. The number of piperidine rings is 2. The molecule has 3 nitrogen and oxygen atoms in total. The molecule has 0 N–H and O–H groups in total. The third-order valence-electron chi connectivity index (χ3n) is 7.91.